The van der Waals surface area contributed by atoms with Crippen molar-refractivity contribution in [2.75, 3.05) is 6.61 Å². The van der Waals surface area contributed by atoms with E-state index in [0.29, 0.717) is 6.42 Å². The number of hydrogen-bond donors (Lipinski definition) is 1. The quantitative estimate of drug-likeness (QED) is 0.413. The lowest BCUT2D eigenvalue weighted by Crippen LogP contribution is -2.67. The van der Waals surface area contributed by atoms with Gasteiger partial charge in [0.15, 0.2) is 18.2 Å². The number of ether oxygens (including phenoxy) is 1. The minimum atomic E-state index is -0.870. The summed E-state index contributed by atoms with van der Waals surface area (Å²) in [5, 5.41) is 11.7. The fraction of sp³-hybridized carbons (Fsp3) is 0.708. The Labute approximate surface area is 200 Å². The van der Waals surface area contributed by atoms with E-state index in [0.717, 1.165) is 24.8 Å². The third-order valence-electron chi connectivity index (χ3n) is 8.96. The highest BCUT2D eigenvalue weighted by Crippen LogP contribution is 2.73. The second-order valence-electron chi connectivity index (χ2n) is 10.3. The average molecular weight is 558 g/mol. The molecule has 170 valence electrons. The lowest BCUT2D eigenvalue weighted by Gasteiger charge is -2.64. The van der Waals surface area contributed by atoms with Crippen LogP contribution in [0.25, 0.3) is 0 Å². The van der Waals surface area contributed by atoms with Crippen molar-refractivity contribution in [3.8, 4) is 0 Å². The summed E-state index contributed by atoms with van der Waals surface area (Å²) >= 11 is 7.88. The van der Waals surface area contributed by atoms with Crippen molar-refractivity contribution in [1.29, 1.82) is 0 Å². The van der Waals surface area contributed by atoms with Crippen molar-refractivity contribution in [2.45, 2.75) is 68.1 Å². The number of esters is 1. The predicted molar refractivity (Wildman–Crippen MR) is 124 cm³/mol. The molecule has 7 heteroatoms. The molecule has 4 aliphatic carbocycles. The lowest BCUT2D eigenvalue weighted by atomic mass is 9.46. The van der Waals surface area contributed by atoms with Crippen LogP contribution in [0.4, 0.5) is 0 Å². The molecule has 3 fully saturated rings. The number of aliphatic hydroxyl groups excluding tert-OH is 1. The molecule has 8 atom stereocenters. The average Bonchev–Trinajstić information content (AvgIpc) is 2.89. The maximum Gasteiger partial charge on any atom is 0.303 e. The first-order valence-electron chi connectivity index (χ1n) is 11.0. The van der Waals surface area contributed by atoms with E-state index in [4.69, 9.17) is 4.74 Å². The van der Waals surface area contributed by atoms with Crippen LogP contribution in [0.1, 0.15) is 53.4 Å². The second-order valence-corrected chi connectivity index (χ2v) is 12.9. The van der Waals surface area contributed by atoms with Gasteiger partial charge in [0.05, 0.1) is 14.8 Å². The molecule has 4 aliphatic rings. The van der Waals surface area contributed by atoms with Crippen molar-refractivity contribution in [1.82, 2.24) is 0 Å². The first-order valence-corrected chi connectivity index (χ1v) is 12.6. The van der Waals surface area contributed by atoms with Crippen LogP contribution in [0.3, 0.4) is 0 Å². The summed E-state index contributed by atoms with van der Waals surface area (Å²) in [5.74, 6) is -0.263. The zero-order chi connectivity index (χ0) is 23.0. The molecular formula is C24H30Br2O5. The Morgan fingerprint density at radius 1 is 1.26 bits per heavy atom. The fourth-order valence-corrected chi connectivity index (χ4v) is 9.24. The molecule has 0 amide bonds. The van der Waals surface area contributed by atoms with Gasteiger partial charge in [-0.1, -0.05) is 64.3 Å². The van der Waals surface area contributed by atoms with E-state index in [2.05, 4.69) is 52.6 Å². The summed E-state index contributed by atoms with van der Waals surface area (Å²) in [6.07, 6.45) is 7.52. The molecule has 0 bridgehead atoms. The SMILES string of the molecule is CC(=O)OCC(=O)[C@@]1(Br)[C@H](C)C[C@H]2[C@@H]3CCC4=CC(=O)C=C[C@]4(C)C3(Br)[C@@H](O)C[C@@]21C. The summed E-state index contributed by atoms with van der Waals surface area (Å²) in [4.78, 5) is 36.7. The molecule has 0 aromatic carbocycles. The van der Waals surface area contributed by atoms with Crippen molar-refractivity contribution in [3.05, 3.63) is 23.8 Å². The largest absolute Gasteiger partial charge is 0.458 e. The molecule has 0 aromatic heterocycles. The molecule has 5 nitrogen and oxygen atoms in total. The summed E-state index contributed by atoms with van der Waals surface area (Å²) < 4.78 is 3.59. The number of rotatable bonds is 3. The molecule has 0 radical (unpaired) electrons. The van der Waals surface area contributed by atoms with Gasteiger partial charge < -0.3 is 9.84 Å². The van der Waals surface area contributed by atoms with Gasteiger partial charge in [0, 0.05) is 12.3 Å². The Morgan fingerprint density at radius 2 is 1.94 bits per heavy atom. The number of carbonyl (C=O) groups is 3. The Kier molecular flexibility index (Phi) is 5.55. The fourth-order valence-electron chi connectivity index (χ4n) is 7.38. The number of alkyl halides is 2. The lowest BCUT2D eigenvalue weighted by molar-refractivity contribution is -0.149. The molecule has 0 spiro atoms. The Bertz CT molecular complexity index is 912. The highest BCUT2D eigenvalue weighted by atomic mass is 79.9. The van der Waals surface area contributed by atoms with E-state index < -0.39 is 31.6 Å². The summed E-state index contributed by atoms with van der Waals surface area (Å²) in [7, 11) is 0. The van der Waals surface area contributed by atoms with Gasteiger partial charge in [0.2, 0.25) is 0 Å². The summed E-state index contributed by atoms with van der Waals surface area (Å²) in [6, 6.07) is 0. The van der Waals surface area contributed by atoms with E-state index >= 15 is 0 Å². The Hall–Kier alpha value is -0.790. The highest BCUT2D eigenvalue weighted by molar-refractivity contribution is 9.10. The number of Topliss-reactive ketones (excluding diaryl/α,β-unsaturated/α-hetero) is 1. The molecule has 0 saturated heterocycles. The van der Waals surface area contributed by atoms with Crippen molar-refractivity contribution in [3.63, 3.8) is 0 Å². The van der Waals surface area contributed by atoms with E-state index in [1.54, 1.807) is 12.2 Å². The molecular weight excluding hydrogens is 528 g/mol. The van der Waals surface area contributed by atoms with Crippen LogP contribution in [-0.2, 0) is 19.1 Å². The number of fused-ring (bicyclic) bond motifs is 5. The zero-order valence-corrected chi connectivity index (χ0v) is 21.6. The smallest absolute Gasteiger partial charge is 0.303 e. The van der Waals surface area contributed by atoms with Crippen molar-refractivity contribution < 1.29 is 24.2 Å². The number of carbonyl (C=O) groups excluding carboxylic acids is 3. The minimum absolute atomic E-state index is 0.00203. The molecule has 1 unspecified atom stereocenters. The van der Waals surface area contributed by atoms with Crippen molar-refractivity contribution >= 4 is 49.4 Å². The van der Waals surface area contributed by atoms with Gasteiger partial charge in [-0.2, -0.15) is 0 Å². The molecule has 31 heavy (non-hydrogen) atoms. The van der Waals surface area contributed by atoms with Gasteiger partial charge in [0.1, 0.15) is 0 Å². The van der Waals surface area contributed by atoms with Crippen molar-refractivity contribution in [2.24, 2.45) is 28.6 Å². The number of ketones is 2. The van der Waals surface area contributed by atoms with E-state index in [9.17, 15) is 19.5 Å². The first kappa shape index (κ1) is 23.4. The van der Waals surface area contributed by atoms with Crippen LogP contribution in [0, 0.1) is 28.6 Å². The topological polar surface area (TPSA) is 80.7 Å². The minimum Gasteiger partial charge on any atom is -0.458 e. The predicted octanol–water partition coefficient (Wildman–Crippen LogP) is 4.29. The van der Waals surface area contributed by atoms with Crippen LogP contribution in [0.15, 0.2) is 23.8 Å². The van der Waals surface area contributed by atoms with Crippen LogP contribution in [-0.4, -0.2) is 44.0 Å². The molecule has 3 saturated carbocycles. The van der Waals surface area contributed by atoms with Gasteiger partial charge in [0.25, 0.3) is 0 Å². The molecule has 1 N–H and O–H groups in total. The Balaban J connectivity index is 1.76. The normalized spacial score (nSPS) is 48.4. The first-order chi connectivity index (χ1) is 14.3. The second kappa shape index (κ2) is 7.36. The third-order valence-corrected chi connectivity index (χ3v) is 13.0. The van der Waals surface area contributed by atoms with E-state index in [1.165, 1.54) is 6.92 Å². The Morgan fingerprint density at radius 3 is 2.58 bits per heavy atom. The van der Waals surface area contributed by atoms with E-state index in [1.807, 2.05) is 6.08 Å². The highest BCUT2D eigenvalue weighted by Gasteiger charge is 2.74. The number of aliphatic hydroxyl groups is 1. The van der Waals surface area contributed by atoms with Crippen LogP contribution >= 0.6 is 31.9 Å². The van der Waals surface area contributed by atoms with Crippen LogP contribution in [0.2, 0.25) is 0 Å². The molecule has 0 aliphatic heterocycles. The maximum absolute atomic E-state index is 13.3. The zero-order valence-electron chi connectivity index (χ0n) is 18.4. The van der Waals surface area contributed by atoms with E-state index in [-0.39, 0.29) is 35.9 Å². The summed E-state index contributed by atoms with van der Waals surface area (Å²) in [5.41, 5.74) is 0.113. The monoisotopic (exact) mass is 556 g/mol. The number of halogens is 2. The van der Waals surface area contributed by atoms with Gasteiger partial charge in [-0.15, -0.1) is 0 Å². The van der Waals surface area contributed by atoms with Gasteiger partial charge in [-0.25, -0.2) is 0 Å². The molecule has 4 rings (SSSR count). The molecule has 0 aromatic rings. The third kappa shape index (κ3) is 2.91. The summed E-state index contributed by atoms with van der Waals surface area (Å²) in [6.45, 7) is 7.33. The number of hydrogen-bond acceptors (Lipinski definition) is 5. The maximum atomic E-state index is 13.3. The van der Waals surface area contributed by atoms with Crippen LogP contribution < -0.4 is 0 Å². The standard InChI is InChI=1S/C24H30Br2O5/c1-13-9-18-17-6-5-15-10-16(28)7-8-21(15,3)24(17,26)19(29)11-22(18,4)23(13,25)20(30)12-31-14(2)27/h7-8,10,13,17-19,29H,5-6,9,11-12H2,1-4H3/t13-,17+,18+,19+,21+,22+,23+,24?/m1/s1. The van der Waals surface area contributed by atoms with Gasteiger partial charge >= 0.3 is 5.97 Å². The van der Waals surface area contributed by atoms with Gasteiger partial charge in [-0.05, 0) is 61.0 Å². The molecule has 0 heterocycles. The number of allylic oxidation sites excluding steroid dienone is 4. The van der Waals surface area contributed by atoms with Gasteiger partial charge in [-0.3, -0.25) is 14.4 Å². The van der Waals surface area contributed by atoms with Crippen LogP contribution in [0.5, 0.6) is 0 Å².